The normalized spacial score (nSPS) is 26.1. The minimum atomic E-state index is 0.604. The maximum Gasteiger partial charge on any atom is 0.318 e. The van der Waals surface area contributed by atoms with Crippen LogP contribution in [0.5, 0.6) is 0 Å². The molecule has 0 radical (unpaired) electrons. The molecule has 5 nitrogen and oxygen atoms in total. The first-order chi connectivity index (χ1) is 9.79. The number of likely N-dealkylation sites (tertiary alicyclic amines) is 1. The number of fused-ring (bicyclic) bond motifs is 2. The molecule has 1 aromatic heterocycles. The molecule has 0 saturated carbocycles. The summed E-state index contributed by atoms with van der Waals surface area (Å²) in [4.78, 5) is 4.68. The third-order valence-electron chi connectivity index (χ3n) is 4.39. The zero-order valence-corrected chi connectivity index (χ0v) is 11.6. The highest BCUT2D eigenvalue weighted by atomic mass is 16.4. The first kappa shape index (κ1) is 11.9. The molecule has 2 aromatic rings. The minimum absolute atomic E-state index is 0.604. The largest absolute Gasteiger partial charge is 0.403 e. The Morgan fingerprint density at radius 2 is 1.95 bits per heavy atom. The molecule has 0 spiro atoms. The van der Waals surface area contributed by atoms with Crippen molar-refractivity contribution in [1.82, 2.24) is 15.1 Å². The lowest BCUT2D eigenvalue weighted by Gasteiger charge is -2.30. The van der Waals surface area contributed by atoms with E-state index >= 15 is 0 Å². The van der Waals surface area contributed by atoms with E-state index in [2.05, 4.69) is 27.0 Å². The van der Waals surface area contributed by atoms with Gasteiger partial charge in [-0.05, 0) is 31.5 Å². The molecular formula is C15H18N4O. The maximum atomic E-state index is 5.85. The molecule has 5 heteroatoms. The fourth-order valence-electron chi connectivity index (χ4n) is 3.38. The van der Waals surface area contributed by atoms with Gasteiger partial charge in [-0.2, -0.15) is 0 Å². The molecule has 2 saturated heterocycles. The standard InChI is InChI=1S/C15H18N4O/c1-18-8-11-7-13(18)10-19(9-11)15-17-16-14(20-15)12-5-3-2-4-6-12/h2-6,11,13H,7-10H2,1H3. The molecule has 3 heterocycles. The van der Waals surface area contributed by atoms with Gasteiger partial charge in [0.2, 0.25) is 5.89 Å². The number of rotatable bonds is 2. The fourth-order valence-corrected chi connectivity index (χ4v) is 3.38. The van der Waals surface area contributed by atoms with Crippen LogP contribution in [0.4, 0.5) is 6.01 Å². The van der Waals surface area contributed by atoms with E-state index < -0.39 is 0 Å². The van der Waals surface area contributed by atoms with Gasteiger partial charge in [0.05, 0.1) is 0 Å². The molecule has 0 aliphatic carbocycles. The topological polar surface area (TPSA) is 45.4 Å². The number of aromatic nitrogens is 2. The first-order valence-corrected chi connectivity index (χ1v) is 7.14. The summed E-state index contributed by atoms with van der Waals surface area (Å²) >= 11 is 0. The SMILES string of the molecule is CN1CC2CC1CN(c1nnc(-c3ccccc3)o1)C2. The number of hydrogen-bond donors (Lipinski definition) is 0. The van der Waals surface area contributed by atoms with Crippen molar-refractivity contribution in [3.63, 3.8) is 0 Å². The van der Waals surface area contributed by atoms with Gasteiger partial charge < -0.3 is 14.2 Å². The van der Waals surface area contributed by atoms with E-state index in [-0.39, 0.29) is 0 Å². The predicted molar refractivity (Wildman–Crippen MR) is 76.5 cm³/mol. The van der Waals surface area contributed by atoms with E-state index in [1.54, 1.807) is 0 Å². The van der Waals surface area contributed by atoms with Crippen molar-refractivity contribution in [3.05, 3.63) is 30.3 Å². The van der Waals surface area contributed by atoms with Crippen LogP contribution in [0.15, 0.2) is 34.7 Å². The summed E-state index contributed by atoms with van der Waals surface area (Å²) in [6.07, 6.45) is 1.30. The molecule has 2 bridgehead atoms. The lowest BCUT2D eigenvalue weighted by Crippen LogP contribution is -2.41. The average molecular weight is 270 g/mol. The van der Waals surface area contributed by atoms with Crippen molar-refractivity contribution in [2.24, 2.45) is 5.92 Å². The summed E-state index contributed by atoms with van der Waals surface area (Å²) in [6.45, 7) is 3.20. The van der Waals surface area contributed by atoms with Gasteiger partial charge in [0, 0.05) is 31.2 Å². The molecule has 2 unspecified atom stereocenters. The van der Waals surface area contributed by atoms with E-state index in [0.29, 0.717) is 17.9 Å². The number of hydrogen-bond acceptors (Lipinski definition) is 5. The fraction of sp³-hybridized carbons (Fsp3) is 0.467. The minimum Gasteiger partial charge on any atom is -0.403 e. The lowest BCUT2D eigenvalue weighted by molar-refractivity contribution is 0.314. The Balaban J connectivity index is 1.57. The van der Waals surface area contributed by atoms with Crippen LogP contribution in [0.1, 0.15) is 6.42 Å². The predicted octanol–water partition coefficient (Wildman–Crippen LogP) is 1.88. The van der Waals surface area contributed by atoms with E-state index in [1.165, 1.54) is 13.0 Å². The van der Waals surface area contributed by atoms with Crippen molar-refractivity contribution in [2.45, 2.75) is 12.5 Å². The van der Waals surface area contributed by atoms with Gasteiger partial charge in [0.1, 0.15) is 0 Å². The molecule has 2 aliphatic rings. The van der Waals surface area contributed by atoms with Gasteiger partial charge in [-0.15, -0.1) is 5.10 Å². The van der Waals surface area contributed by atoms with Gasteiger partial charge in [-0.3, -0.25) is 0 Å². The molecule has 2 fully saturated rings. The molecule has 2 atom stereocenters. The smallest absolute Gasteiger partial charge is 0.318 e. The number of likely N-dealkylation sites (N-methyl/N-ethyl adjacent to an activating group) is 1. The lowest BCUT2D eigenvalue weighted by atomic mass is 10.0. The van der Waals surface area contributed by atoms with Gasteiger partial charge in [0.15, 0.2) is 0 Å². The molecule has 2 aliphatic heterocycles. The summed E-state index contributed by atoms with van der Waals surface area (Å²) in [7, 11) is 2.21. The summed E-state index contributed by atoms with van der Waals surface area (Å²) < 4.78 is 5.85. The molecular weight excluding hydrogens is 252 g/mol. The van der Waals surface area contributed by atoms with E-state index in [0.717, 1.165) is 24.6 Å². The third kappa shape index (κ3) is 1.98. The van der Waals surface area contributed by atoms with Crippen molar-refractivity contribution in [2.75, 3.05) is 31.6 Å². The monoisotopic (exact) mass is 270 g/mol. The summed E-state index contributed by atoms with van der Waals surface area (Å²) in [5.41, 5.74) is 0.975. The van der Waals surface area contributed by atoms with Crippen molar-refractivity contribution < 1.29 is 4.42 Å². The van der Waals surface area contributed by atoms with Crippen LogP contribution < -0.4 is 4.90 Å². The van der Waals surface area contributed by atoms with Gasteiger partial charge in [0.25, 0.3) is 0 Å². The Kier molecular flexibility index (Phi) is 2.73. The van der Waals surface area contributed by atoms with Crippen molar-refractivity contribution in [3.8, 4) is 11.5 Å². The molecule has 1 aromatic carbocycles. The van der Waals surface area contributed by atoms with Crippen LogP contribution in [0, 0.1) is 5.92 Å². The third-order valence-corrected chi connectivity index (χ3v) is 4.39. The summed E-state index contributed by atoms with van der Waals surface area (Å²) in [5, 5.41) is 8.41. The second-order valence-corrected chi connectivity index (χ2v) is 5.86. The van der Waals surface area contributed by atoms with Crippen LogP contribution in [0.2, 0.25) is 0 Å². The van der Waals surface area contributed by atoms with E-state index in [9.17, 15) is 0 Å². The Bertz CT molecular complexity index is 595. The summed E-state index contributed by atoms with van der Waals surface area (Å²) in [6, 6.07) is 11.2. The van der Waals surface area contributed by atoms with Gasteiger partial charge in [-0.25, -0.2) is 0 Å². The highest BCUT2D eigenvalue weighted by molar-refractivity contribution is 5.53. The summed E-state index contributed by atoms with van der Waals surface area (Å²) in [5.74, 6) is 1.33. The highest BCUT2D eigenvalue weighted by Crippen LogP contribution is 2.31. The van der Waals surface area contributed by atoms with Crippen LogP contribution in [-0.2, 0) is 0 Å². The first-order valence-electron chi connectivity index (χ1n) is 7.14. The molecule has 4 rings (SSSR count). The maximum absolute atomic E-state index is 5.85. The number of piperidine rings is 1. The number of anilines is 1. The second kappa shape index (κ2) is 4.59. The van der Waals surface area contributed by atoms with Crippen molar-refractivity contribution >= 4 is 6.01 Å². The Labute approximate surface area is 118 Å². The highest BCUT2D eigenvalue weighted by Gasteiger charge is 2.38. The van der Waals surface area contributed by atoms with Crippen LogP contribution in [0.3, 0.4) is 0 Å². The number of benzene rings is 1. The van der Waals surface area contributed by atoms with E-state index in [1.807, 2.05) is 30.3 Å². The average Bonchev–Trinajstić information content (AvgIpc) is 3.06. The van der Waals surface area contributed by atoms with Crippen LogP contribution >= 0.6 is 0 Å². The zero-order chi connectivity index (χ0) is 13.5. The van der Waals surface area contributed by atoms with Crippen LogP contribution in [-0.4, -0.2) is 47.8 Å². The van der Waals surface area contributed by atoms with Crippen LogP contribution in [0.25, 0.3) is 11.5 Å². The quantitative estimate of drug-likeness (QED) is 0.833. The van der Waals surface area contributed by atoms with E-state index in [4.69, 9.17) is 4.42 Å². The zero-order valence-electron chi connectivity index (χ0n) is 11.6. The molecule has 0 N–H and O–H groups in total. The Morgan fingerprint density at radius 3 is 2.75 bits per heavy atom. The van der Waals surface area contributed by atoms with Crippen molar-refractivity contribution in [1.29, 1.82) is 0 Å². The number of nitrogens with zero attached hydrogens (tertiary/aromatic N) is 4. The van der Waals surface area contributed by atoms with Gasteiger partial charge >= 0.3 is 6.01 Å². The molecule has 104 valence electrons. The Morgan fingerprint density at radius 1 is 1.10 bits per heavy atom. The Hall–Kier alpha value is -1.88. The molecule has 20 heavy (non-hydrogen) atoms. The second-order valence-electron chi connectivity index (χ2n) is 5.86. The van der Waals surface area contributed by atoms with Gasteiger partial charge in [-0.1, -0.05) is 23.3 Å². The molecule has 0 amide bonds.